The van der Waals surface area contributed by atoms with Crippen LogP contribution >= 0.6 is 27.5 Å². The zero-order valence-corrected chi connectivity index (χ0v) is 12.5. The van der Waals surface area contributed by atoms with Crippen LogP contribution in [0.4, 0.5) is 0 Å². The van der Waals surface area contributed by atoms with Crippen LogP contribution in [0.5, 0.6) is 0 Å². The van der Waals surface area contributed by atoms with Crippen LogP contribution in [0.3, 0.4) is 0 Å². The van der Waals surface area contributed by atoms with E-state index in [1.165, 1.54) is 0 Å². The highest BCUT2D eigenvalue weighted by atomic mass is 79.9. The topological polar surface area (TPSA) is 38.1 Å². The first-order chi connectivity index (χ1) is 8.56. The van der Waals surface area contributed by atoms with Gasteiger partial charge in [-0.15, -0.1) is 0 Å². The lowest BCUT2D eigenvalue weighted by atomic mass is 10.2. The number of aromatic nitrogens is 1. The van der Waals surface area contributed by atoms with Crippen molar-refractivity contribution < 1.29 is 4.42 Å². The van der Waals surface area contributed by atoms with Gasteiger partial charge < -0.3 is 9.73 Å². The Hall–Kier alpha value is -0.840. The predicted molar refractivity (Wildman–Crippen MR) is 76.6 cm³/mol. The van der Waals surface area contributed by atoms with Crippen molar-refractivity contribution >= 4 is 27.5 Å². The number of hydrogen-bond donors (Lipinski definition) is 1. The molecule has 0 aliphatic heterocycles. The second-order valence-electron chi connectivity index (χ2n) is 4.30. The van der Waals surface area contributed by atoms with Crippen molar-refractivity contribution in [3.8, 4) is 11.5 Å². The van der Waals surface area contributed by atoms with E-state index in [4.69, 9.17) is 16.0 Å². The average Bonchev–Trinajstić information content (AvgIpc) is 2.75. The Morgan fingerprint density at radius 2 is 2.22 bits per heavy atom. The number of rotatable bonds is 4. The summed E-state index contributed by atoms with van der Waals surface area (Å²) in [6.07, 6.45) is 1.67. The quantitative estimate of drug-likeness (QED) is 0.911. The van der Waals surface area contributed by atoms with E-state index in [-0.39, 0.29) is 0 Å². The molecular formula is C13H14BrClN2O. The van der Waals surface area contributed by atoms with Crippen molar-refractivity contribution in [1.29, 1.82) is 0 Å². The zero-order valence-electron chi connectivity index (χ0n) is 10.2. The number of benzene rings is 1. The van der Waals surface area contributed by atoms with Gasteiger partial charge in [-0.1, -0.05) is 25.4 Å². The molecule has 18 heavy (non-hydrogen) atoms. The summed E-state index contributed by atoms with van der Waals surface area (Å²) in [7, 11) is 0. The van der Waals surface area contributed by atoms with Crippen molar-refractivity contribution in [1.82, 2.24) is 10.3 Å². The second-order valence-corrected chi connectivity index (χ2v) is 5.59. The highest BCUT2D eigenvalue weighted by Crippen LogP contribution is 2.30. The standard InChI is InChI=1S/C13H14BrClN2O/c1-8(2)16-6-10-7-18-13(17-10)11-4-3-9(15)5-12(11)14/h3-5,7-8,16H,6H2,1-2H3. The summed E-state index contributed by atoms with van der Waals surface area (Å²) in [5.41, 5.74) is 1.79. The summed E-state index contributed by atoms with van der Waals surface area (Å²) in [5, 5.41) is 3.97. The maximum Gasteiger partial charge on any atom is 0.227 e. The molecule has 1 aromatic carbocycles. The Morgan fingerprint density at radius 3 is 2.89 bits per heavy atom. The van der Waals surface area contributed by atoms with Gasteiger partial charge >= 0.3 is 0 Å². The monoisotopic (exact) mass is 328 g/mol. The van der Waals surface area contributed by atoms with E-state index < -0.39 is 0 Å². The zero-order chi connectivity index (χ0) is 13.1. The molecule has 2 rings (SSSR count). The van der Waals surface area contributed by atoms with Crippen molar-refractivity contribution in [3.05, 3.63) is 39.7 Å². The molecule has 5 heteroatoms. The van der Waals surface area contributed by atoms with E-state index in [0.717, 1.165) is 15.7 Å². The van der Waals surface area contributed by atoms with E-state index >= 15 is 0 Å². The molecule has 0 amide bonds. The summed E-state index contributed by atoms with van der Waals surface area (Å²) in [5.74, 6) is 0.596. The minimum atomic E-state index is 0.424. The third kappa shape index (κ3) is 3.34. The van der Waals surface area contributed by atoms with Gasteiger partial charge in [0.2, 0.25) is 5.89 Å². The first-order valence-corrected chi connectivity index (χ1v) is 6.86. The third-order valence-electron chi connectivity index (χ3n) is 2.40. The smallest absolute Gasteiger partial charge is 0.227 e. The maximum absolute atomic E-state index is 5.90. The summed E-state index contributed by atoms with van der Waals surface area (Å²) < 4.78 is 6.35. The van der Waals surface area contributed by atoms with Gasteiger partial charge in [0, 0.05) is 22.1 Å². The Morgan fingerprint density at radius 1 is 1.44 bits per heavy atom. The Balaban J connectivity index is 2.18. The highest BCUT2D eigenvalue weighted by Gasteiger charge is 2.10. The second kappa shape index (κ2) is 5.87. The number of nitrogens with one attached hydrogen (secondary N) is 1. The molecule has 1 heterocycles. The minimum absolute atomic E-state index is 0.424. The molecule has 0 aliphatic carbocycles. The third-order valence-corrected chi connectivity index (χ3v) is 3.30. The van der Waals surface area contributed by atoms with Crippen LogP contribution in [-0.2, 0) is 6.54 Å². The van der Waals surface area contributed by atoms with Gasteiger partial charge in [-0.05, 0) is 34.1 Å². The number of nitrogens with zero attached hydrogens (tertiary/aromatic N) is 1. The van der Waals surface area contributed by atoms with Gasteiger partial charge in [0.25, 0.3) is 0 Å². The number of hydrogen-bond acceptors (Lipinski definition) is 3. The van der Waals surface area contributed by atoms with E-state index in [2.05, 4.69) is 40.1 Å². The van der Waals surface area contributed by atoms with Gasteiger partial charge in [0.1, 0.15) is 6.26 Å². The van der Waals surface area contributed by atoms with E-state index in [9.17, 15) is 0 Å². The molecule has 0 atom stereocenters. The molecule has 0 unspecified atom stereocenters. The lowest BCUT2D eigenvalue weighted by molar-refractivity contribution is 0.560. The molecule has 0 fully saturated rings. The summed E-state index contributed by atoms with van der Waals surface area (Å²) in [6, 6.07) is 5.95. The SMILES string of the molecule is CC(C)NCc1coc(-c2ccc(Cl)cc2Br)n1. The average molecular weight is 330 g/mol. The fraction of sp³-hybridized carbons (Fsp3) is 0.308. The van der Waals surface area contributed by atoms with Gasteiger partial charge in [0.05, 0.1) is 11.3 Å². The van der Waals surface area contributed by atoms with Gasteiger partial charge in [-0.2, -0.15) is 0 Å². The van der Waals surface area contributed by atoms with E-state index in [0.29, 0.717) is 23.5 Å². The molecule has 0 spiro atoms. The van der Waals surface area contributed by atoms with Crippen molar-refractivity contribution in [2.75, 3.05) is 0 Å². The summed E-state index contributed by atoms with van der Waals surface area (Å²) in [4.78, 5) is 4.44. The van der Waals surface area contributed by atoms with Gasteiger partial charge in [0.15, 0.2) is 0 Å². The van der Waals surface area contributed by atoms with E-state index in [1.54, 1.807) is 6.26 Å². The van der Waals surface area contributed by atoms with Crippen LogP contribution in [0.25, 0.3) is 11.5 Å². The minimum Gasteiger partial charge on any atom is -0.444 e. The molecule has 0 aliphatic rings. The molecule has 0 saturated carbocycles. The van der Waals surface area contributed by atoms with Crippen LogP contribution in [0.1, 0.15) is 19.5 Å². The molecule has 2 aromatic rings. The molecular weight excluding hydrogens is 316 g/mol. The molecule has 0 saturated heterocycles. The lowest BCUT2D eigenvalue weighted by Gasteiger charge is -2.04. The van der Waals surface area contributed by atoms with Crippen LogP contribution in [0.2, 0.25) is 5.02 Å². The summed E-state index contributed by atoms with van der Waals surface area (Å²) >= 11 is 9.36. The highest BCUT2D eigenvalue weighted by molar-refractivity contribution is 9.10. The molecule has 1 aromatic heterocycles. The maximum atomic E-state index is 5.90. The van der Waals surface area contributed by atoms with Crippen LogP contribution in [-0.4, -0.2) is 11.0 Å². The molecule has 3 nitrogen and oxygen atoms in total. The molecule has 0 radical (unpaired) electrons. The largest absolute Gasteiger partial charge is 0.444 e. The first kappa shape index (κ1) is 13.6. The van der Waals surface area contributed by atoms with Crippen molar-refractivity contribution in [2.45, 2.75) is 26.4 Å². The number of halogens is 2. The lowest BCUT2D eigenvalue weighted by Crippen LogP contribution is -2.21. The summed E-state index contributed by atoms with van der Waals surface area (Å²) in [6.45, 7) is 4.89. The van der Waals surface area contributed by atoms with Crippen LogP contribution < -0.4 is 5.32 Å². The Labute approximate surface area is 120 Å². The predicted octanol–water partition coefficient (Wildman–Crippen LogP) is 4.26. The van der Waals surface area contributed by atoms with Crippen LogP contribution in [0.15, 0.2) is 33.4 Å². The van der Waals surface area contributed by atoms with Gasteiger partial charge in [-0.3, -0.25) is 0 Å². The molecule has 1 N–H and O–H groups in total. The van der Waals surface area contributed by atoms with Crippen LogP contribution in [0, 0.1) is 0 Å². The first-order valence-electron chi connectivity index (χ1n) is 5.69. The fourth-order valence-electron chi connectivity index (χ4n) is 1.48. The molecule has 96 valence electrons. The van der Waals surface area contributed by atoms with Crippen molar-refractivity contribution in [2.24, 2.45) is 0 Å². The fourth-order valence-corrected chi connectivity index (χ4v) is 2.34. The normalized spacial score (nSPS) is 11.2. The number of oxazole rings is 1. The van der Waals surface area contributed by atoms with E-state index in [1.807, 2.05) is 18.2 Å². The van der Waals surface area contributed by atoms with Gasteiger partial charge in [-0.25, -0.2) is 4.98 Å². The molecule has 0 bridgehead atoms. The Kier molecular flexibility index (Phi) is 4.43. The van der Waals surface area contributed by atoms with Crippen molar-refractivity contribution in [3.63, 3.8) is 0 Å². The Bertz CT molecular complexity index is 540.